The summed E-state index contributed by atoms with van der Waals surface area (Å²) in [5.74, 6) is 11.8. The SMILES string of the molecule is C=CCN(C)S(=C)(=O)c1ccc(C(C)(C)C)cc1.C=S(=O)(NCCCN1CCOCC1)c1ccc(C(C)(C)C)cc1.C=S(=O)(c1ccc(C(C)(C)C)cc1)N1CCN(CCOC)CC1.CC(C)(C)c1ccc(S(=O)(=O)N2CCCCC2CO)cc1.CCC(CO)(CO)NS(=O)(=O)c1ccc(C(C)(C)C)cc1. The first-order valence-electron chi connectivity index (χ1n) is 37.0. The van der Waals surface area contributed by atoms with Crippen LogP contribution in [0.1, 0.15) is 171 Å². The van der Waals surface area contributed by atoms with E-state index in [1.807, 2.05) is 85.7 Å². The number of aliphatic hydroxyl groups is 3. The summed E-state index contributed by atoms with van der Waals surface area (Å²) in [5.41, 5.74) is 4.89. The first-order valence-corrected chi connectivity index (χ1v) is 45.0. The summed E-state index contributed by atoms with van der Waals surface area (Å²) in [5, 5.41) is 28.1. The van der Waals surface area contributed by atoms with Crippen LogP contribution in [0.25, 0.3) is 0 Å². The van der Waals surface area contributed by atoms with Gasteiger partial charge in [0.05, 0.1) is 84.1 Å². The molecule has 598 valence electrons. The Morgan fingerprint density at radius 1 is 0.538 bits per heavy atom. The van der Waals surface area contributed by atoms with E-state index in [0.29, 0.717) is 31.0 Å². The van der Waals surface area contributed by atoms with Crippen molar-refractivity contribution in [1.29, 1.82) is 0 Å². The van der Waals surface area contributed by atoms with Crippen molar-refractivity contribution < 1.29 is 54.3 Å². The van der Waals surface area contributed by atoms with Crippen LogP contribution in [0.5, 0.6) is 0 Å². The average Bonchev–Trinajstić information content (AvgIpc) is 0.818. The molecule has 4 atom stereocenters. The first-order chi connectivity index (χ1) is 49.1. The van der Waals surface area contributed by atoms with Crippen LogP contribution in [0, 0.1) is 0 Å². The van der Waals surface area contributed by atoms with E-state index in [1.165, 1.54) is 33.1 Å². The highest BCUT2D eigenvalue weighted by atomic mass is 32.2. The van der Waals surface area contributed by atoms with Crippen LogP contribution in [0.15, 0.2) is 158 Å². The monoisotopic (exact) mass is 1570 g/mol. The lowest BCUT2D eigenvalue weighted by atomic mass is 9.87. The molecule has 24 heteroatoms. The molecule has 5 aromatic carbocycles. The van der Waals surface area contributed by atoms with Crippen molar-refractivity contribution >= 4 is 66.8 Å². The maximum atomic E-state index is 13.2. The number of ether oxygens (including phenoxy) is 2. The number of sulfonamides is 2. The maximum Gasteiger partial charge on any atom is 0.243 e. The fourth-order valence-corrected chi connectivity index (χ4v) is 18.9. The average molecular weight is 1570 g/mol. The van der Waals surface area contributed by atoms with Crippen molar-refractivity contribution in [2.75, 3.05) is 126 Å². The van der Waals surface area contributed by atoms with Crippen LogP contribution < -0.4 is 9.44 Å². The molecule has 3 fully saturated rings. The summed E-state index contributed by atoms with van der Waals surface area (Å²) in [7, 11) is -11.0. The Labute approximate surface area is 642 Å². The third-order valence-electron chi connectivity index (χ3n) is 19.4. The van der Waals surface area contributed by atoms with Gasteiger partial charge in [0, 0.05) is 93.3 Å². The number of benzene rings is 5. The lowest BCUT2D eigenvalue weighted by molar-refractivity contribution is 0.0376. The van der Waals surface area contributed by atoms with Gasteiger partial charge in [-0.25, -0.2) is 47.5 Å². The molecule has 3 saturated heterocycles. The molecule has 8 rings (SSSR count). The Kier molecular flexibility index (Phi) is 35.8. The van der Waals surface area contributed by atoms with Crippen LogP contribution in [0.2, 0.25) is 0 Å². The maximum absolute atomic E-state index is 13.2. The number of morpholine rings is 1. The van der Waals surface area contributed by atoms with E-state index in [4.69, 9.17) is 9.47 Å². The van der Waals surface area contributed by atoms with E-state index in [9.17, 15) is 44.8 Å². The van der Waals surface area contributed by atoms with Gasteiger partial charge < -0.3 is 24.8 Å². The molecule has 106 heavy (non-hydrogen) atoms. The molecule has 3 aliphatic rings. The third-order valence-corrected chi connectivity index (χ3v) is 29.0. The molecule has 3 aliphatic heterocycles. The van der Waals surface area contributed by atoms with E-state index in [2.05, 4.69) is 151 Å². The number of nitrogens with one attached hydrogen (secondary N) is 2. The molecule has 0 radical (unpaired) electrons. The first kappa shape index (κ1) is 93.7. The summed E-state index contributed by atoms with van der Waals surface area (Å²) in [4.78, 5) is 7.53. The Morgan fingerprint density at radius 3 is 1.32 bits per heavy atom. The molecule has 4 unspecified atom stereocenters. The number of piperazine rings is 1. The second kappa shape index (κ2) is 40.5. The van der Waals surface area contributed by atoms with Gasteiger partial charge in [-0.1, -0.05) is 184 Å². The topological polar surface area (TPSA) is 239 Å². The Bertz CT molecular complexity index is 4040. The van der Waals surface area contributed by atoms with Gasteiger partial charge >= 0.3 is 0 Å². The molecular weight excluding hydrogens is 1440 g/mol. The third kappa shape index (κ3) is 28.3. The molecule has 0 spiro atoms. The minimum Gasteiger partial charge on any atom is -0.395 e. The molecule has 3 heterocycles. The van der Waals surface area contributed by atoms with E-state index >= 15 is 0 Å². The van der Waals surface area contributed by atoms with Crippen molar-refractivity contribution in [3.8, 4) is 0 Å². The molecule has 0 aromatic heterocycles. The fraction of sp³-hybridized carbons (Fsp3) is 0.573. The summed E-state index contributed by atoms with van der Waals surface area (Å²) >= 11 is 0. The van der Waals surface area contributed by atoms with Crippen LogP contribution in [0.3, 0.4) is 0 Å². The van der Waals surface area contributed by atoms with Crippen molar-refractivity contribution in [2.24, 2.45) is 0 Å². The van der Waals surface area contributed by atoms with Crippen molar-refractivity contribution in [3.05, 3.63) is 162 Å². The van der Waals surface area contributed by atoms with Gasteiger partial charge in [0.1, 0.15) is 0 Å². The van der Waals surface area contributed by atoms with E-state index in [-0.39, 0.29) is 44.6 Å². The number of aliphatic hydroxyl groups excluding tert-OH is 3. The molecule has 0 aliphatic carbocycles. The predicted octanol–water partition coefficient (Wildman–Crippen LogP) is 11.5. The predicted molar refractivity (Wildman–Crippen MR) is 445 cm³/mol. The highest BCUT2D eigenvalue weighted by Gasteiger charge is 2.35. The Balaban J connectivity index is 0.000000281. The highest BCUT2D eigenvalue weighted by molar-refractivity contribution is 7.99. The standard InChI is InChI=1S/2C18H30N2O2S.C16H25NO3S.C15H25NO4S.C15H23NOS/c1-18(2,3)16-6-8-17(9-7-16)23(5,21)20-12-10-19(11-13-20)14-15-22-4;1-18(2,3)16-6-8-17(9-7-16)23(4,21)19-10-5-11-20-12-14-22-15-13-20;1-16(2,3)13-7-9-15(10-8-13)21(19,20)17-11-5-4-6-14(17)12-18;1-5-15(10-17,11-18)16-21(19,20)13-8-6-12(7-9-13)14(2,3)4;1-7-12-16(5)18(6,17)14-10-8-13(9-11-14)15(2,3)4/h6-9H,5,10-15H2,1-4H3;6-9H,4-5,10-15H2,1-3H3,(H,19,21);7-10,14,18H,4-6,11-12H2,1-3H3;6-9,16-18H,5,10-11H2,1-4H3;7-11H,1,6,12H2,2-5H3. The van der Waals surface area contributed by atoms with E-state index < -0.39 is 67.9 Å². The minimum atomic E-state index is -3.79. The second-order valence-electron chi connectivity index (χ2n) is 32.9. The number of methoxy groups -OCH3 is 1. The zero-order valence-electron chi connectivity index (χ0n) is 67.4. The lowest BCUT2D eigenvalue weighted by Crippen LogP contribution is -2.53. The molecule has 0 bridgehead atoms. The van der Waals surface area contributed by atoms with Crippen molar-refractivity contribution in [2.45, 2.75) is 206 Å². The van der Waals surface area contributed by atoms with E-state index in [0.717, 1.165) is 124 Å². The molecule has 0 saturated carbocycles. The zero-order chi connectivity index (χ0) is 80.0. The van der Waals surface area contributed by atoms with Gasteiger partial charge in [-0.3, -0.25) is 9.80 Å². The number of piperidine rings is 1. The smallest absolute Gasteiger partial charge is 0.243 e. The summed E-state index contributed by atoms with van der Waals surface area (Å²) in [6.45, 7) is 47.8. The van der Waals surface area contributed by atoms with Crippen LogP contribution in [0.4, 0.5) is 0 Å². The Hall–Kier alpha value is -4.68. The number of hydrogen-bond donors (Lipinski definition) is 5. The lowest BCUT2D eigenvalue weighted by Gasteiger charge is -2.36. The van der Waals surface area contributed by atoms with Gasteiger partial charge in [0.15, 0.2) is 0 Å². The number of rotatable bonds is 24. The molecular formula is C82H133N7O12S5. The largest absolute Gasteiger partial charge is 0.395 e. The Morgan fingerprint density at radius 2 is 0.934 bits per heavy atom. The van der Waals surface area contributed by atoms with Gasteiger partial charge in [-0.15, -0.1) is 6.58 Å². The van der Waals surface area contributed by atoms with Gasteiger partial charge in [-0.05, 0) is 172 Å². The summed E-state index contributed by atoms with van der Waals surface area (Å²) in [6.07, 6.45) is 5.55. The zero-order valence-corrected chi connectivity index (χ0v) is 71.5. The highest BCUT2D eigenvalue weighted by Crippen LogP contribution is 2.31. The summed E-state index contributed by atoms with van der Waals surface area (Å²) < 4.78 is 110. The van der Waals surface area contributed by atoms with Crippen molar-refractivity contribution in [1.82, 2.24) is 32.2 Å². The van der Waals surface area contributed by atoms with Gasteiger partial charge in [-0.2, -0.15) is 4.31 Å². The molecule has 5 N–H and O–H groups in total. The van der Waals surface area contributed by atoms with Gasteiger partial charge in [0.2, 0.25) is 20.0 Å². The van der Waals surface area contributed by atoms with Crippen LogP contribution >= 0.6 is 0 Å². The van der Waals surface area contributed by atoms with Crippen molar-refractivity contribution in [3.63, 3.8) is 0 Å². The molecule has 19 nitrogen and oxygen atoms in total. The normalized spacial score (nSPS) is 18.2. The van der Waals surface area contributed by atoms with Crippen LogP contribution in [-0.4, -0.2) is 222 Å². The number of likely N-dealkylation sites (N-methyl/N-ethyl adjacent to an activating group) is 1. The molecule has 0 amide bonds. The summed E-state index contributed by atoms with van der Waals surface area (Å²) in [6, 6.07) is 37.4. The van der Waals surface area contributed by atoms with Crippen LogP contribution in [-0.2, 0) is 85.7 Å². The van der Waals surface area contributed by atoms with Gasteiger partial charge in [0.25, 0.3) is 0 Å². The number of hydrogen-bond acceptors (Lipinski definition) is 14. The molecule has 5 aromatic rings. The quantitative estimate of drug-likeness (QED) is 0.0219. The number of nitrogens with zero attached hydrogens (tertiary/aromatic N) is 5. The second-order valence-corrected chi connectivity index (χ2v) is 43.2. The minimum absolute atomic E-state index is 0.00104. The fourth-order valence-electron chi connectivity index (χ4n) is 11.7. The van der Waals surface area contributed by atoms with E-state index in [1.54, 1.807) is 55.7 Å².